The monoisotopic (exact) mass is 827 g/mol. The second-order valence-electron chi connectivity index (χ2n) is 14.6. The quantitative estimate of drug-likeness (QED) is 0.0219. The summed E-state index contributed by atoms with van der Waals surface area (Å²) < 4.78 is 34.1. The molecule has 0 spiro atoms. The highest BCUT2D eigenvalue weighted by molar-refractivity contribution is 7.47. The van der Waals surface area contributed by atoms with E-state index in [1.165, 1.54) is 0 Å². The van der Waals surface area contributed by atoms with Crippen molar-refractivity contribution < 1.29 is 42.1 Å². The average molecular weight is 827 g/mol. The largest absolute Gasteiger partial charge is 0.472 e. The van der Waals surface area contributed by atoms with E-state index in [2.05, 4.69) is 123 Å². The van der Waals surface area contributed by atoms with Crippen LogP contribution in [0.1, 0.15) is 117 Å². The third kappa shape index (κ3) is 42.0. The number of hydrogen-bond donors (Lipinski definition) is 1. The number of allylic oxidation sites excluding steroid dienone is 20. The van der Waals surface area contributed by atoms with E-state index in [-0.39, 0.29) is 26.1 Å². The maximum absolute atomic E-state index is 12.7. The Balaban J connectivity index is 4.61. The standard InChI is InChI=1S/C48H76NO8P/c1-6-8-10-12-14-16-18-20-22-23-24-25-27-29-31-33-35-37-39-41-48(51)57-46(45-56-58(52,53)55-43-42-49(3,4)5)44-54-47(50)40-38-36-34-32-30-28-26-21-19-17-15-13-11-9-7-2/h8-11,14-17,20-22,24-26,29-32,35,37,46H,6-7,12-13,18-19,23,27-28,33-34,36,38-45H2,1-5H3/p+1/b10-8-,11-9-,16-14-,17-15-,22-20-,25-24-,26-21-,31-29-,32-30-,37-35-/t46-/m1/s1. The molecular weight excluding hydrogens is 750 g/mol. The molecule has 0 aromatic carbocycles. The molecule has 1 N–H and O–H groups in total. The summed E-state index contributed by atoms with van der Waals surface area (Å²) in [5.41, 5.74) is 0. The maximum atomic E-state index is 12.7. The van der Waals surface area contributed by atoms with Gasteiger partial charge in [0.2, 0.25) is 0 Å². The normalized spacial score (nSPS) is 14.8. The first-order valence-corrected chi connectivity index (χ1v) is 22.8. The van der Waals surface area contributed by atoms with Crippen molar-refractivity contribution in [1.29, 1.82) is 0 Å². The minimum atomic E-state index is -4.41. The molecule has 326 valence electrons. The third-order valence-corrected chi connectivity index (χ3v) is 8.98. The second kappa shape index (κ2) is 38.9. The lowest BCUT2D eigenvalue weighted by molar-refractivity contribution is -0.870. The van der Waals surface area contributed by atoms with Crippen molar-refractivity contribution in [2.45, 2.75) is 123 Å². The molecule has 0 fully saturated rings. The van der Waals surface area contributed by atoms with Gasteiger partial charge in [0.1, 0.15) is 19.8 Å². The van der Waals surface area contributed by atoms with Gasteiger partial charge < -0.3 is 18.9 Å². The van der Waals surface area contributed by atoms with Gasteiger partial charge in [-0.25, -0.2) is 4.57 Å². The average Bonchev–Trinajstić information content (AvgIpc) is 3.17. The van der Waals surface area contributed by atoms with Crippen LogP contribution in [0.3, 0.4) is 0 Å². The number of unbranched alkanes of at least 4 members (excludes halogenated alkanes) is 2. The molecule has 0 saturated carbocycles. The van der Waals surface area contributed by atoms with Gasteiger partial charge >= 0.3 is 19.8 Å². The van der Waals surface area contributed by atoms with Crippen molar-refractivity contribution in [2.75, 3.05) is 47.5 Å². The molecular formula is C48H77NO8P+. The number of likely N-dealkylation sites (N-methyl/N-ethyl adjacent to an activating group) is 1. The number of carbonyl (C=O) groups is 2. The van der Waals surface area contributed by atoms with Gasteiger partial charge in [0, 0.05) is 12.8 Å². The lowest BCUT2D eigenvalue weighted by atomic mass is 10.2. The van der Waals surface area contributed by atoms with E-state index in [9.17, 15) is 19.0 Å². The molecule has 0 aliphatic carbocycles. The fourth-order valence-electron chi connectivity index (χ4n) is 4.73. The number of carbonyl (C=O) groups excluding carboxylic acids is 2. The minimum Gasteiger partial charge on any atom is -0.462 e. The number of quaternary nitrogens is 1. The lowest BCUT2D eigenvalue weighted by Crippen LogP contribution is -2.37. The topological polar surface area (TPSA) is 108 Å². The third-order valence-electron chi connectivity index (χ3n) is 8.00. The first-order valence-electron chi connectivity index (χ1n) is 21.3. The molecule has 0 radical (unpaired) electrons. The number of esters is 2. The zero-order chi connectivity index (χ0) is 42.8. The molecule has 2 atom stereocenters. The summed E-state index contributed by atoms with van der Waals surface area (Å²) in [6.07, 6.45) is 54.1. The lowest BCUT2D eigenvalue weighted by Gasteiger charge is -2.24. The van der Waals surface area contributed by atoms with E-state index in [4.69, 9.17) is 18.5 Å². The van der Waals surface area contributed by atoms with Crippen LogP contribution in [0.2, 0.25) is 0 Å². The predicted octanol–water partition coefficient (Wildman–Crippen LogP) is 12.1. The summed E-state index contributed by atoms with van der Waals surface area (Å²) in [6, 6.07) is 0. The van der Waals surface area contributed by atoms with Gasteiger partial charge in [-0.15, -0.1) is 0 Å². The summed E-state index contributed by atoms with van der Waals surface area (Å²) in [4.78, 5) is 35.3. The van der Waals surface area contributed by atoms with Crippen molar-refractivity contribution in [3.8, 4) is 0 Å². The molecule has 0 heterocycles. The Kier molecular flexibility index (Phi) is 36.5. The van der Waals surface area contributed by atoms with E-state index in [0.29, 0.717) is 23.9 Å². The van der Waals surface area contributed by atoms with E-state index in [1.54, 1.807) is 0 Å². The summed E-state index contributed by atoms with van der Waals surface area (Å²) in [5.74, 6) is -0.962. The molecule has 0 aromatic heterocycles. The Morgan fingerprint density at radius 2 is 0.948 bits per heavy atom. The Hall–Kier alpha value is -3.59. The number of rotatable bonds is 36. The molecule has 0 amide bonds. The van der Waals surface area contributed by atoms with Gasteiger partial charge in [-0.3, -0.25) is 18.6 Å². The van der Waals surface area contributed by atoms with Crippen LogP contribution >= 0.6 is 7.82 Å². The summed E-state index contributed by atoms with van der Waals surface area (Å²) in [7, 11) is 1.38. The summed E-state index contributed by atoms with van der Waals surface area (Å²) in [5, 5.41) is 0. The van der Waals surface area contributed by atoms with Crippen LogP contribution in [0.25, 0.3) is 0 Å². The van der Waals surface area contributed by atoms with Crippen LogP contribution in [-0.4, -0.2) is 74.9 Å². The van der Waals surface area contributed by atoms with Gasteiger partial charge in [0.25, 0.3) is 0 Å². The second-order valence-corrected chi connectivity index (χ2v) is 16.1. The van der Waals surface area contributed by atoms with Gasteiger partial charge in [0.05, 0.1) is 27.7 Å². The van der Waals surface area contributed by atoms with Gasteiger partial charge in [-0.2, -0.15) is 0 Å². The Labute approximate surface area is 352 Å². The molecule has 0 rings (SSSR count). The zero-order valence-electron chi connectivity index (χ0n) is 36.5. The Bertz CT molecular complexity index is 1390. The van der Waals surface area contributed by atoms with Crippen molar-refractivity contribution in [3.05, 3.63) is 122 Å². The SMILES string of the molecule is CC/C=C\C/C=C\C/C=C\C/C=C\C/C=C\C/C=C\CCC(=O)O[C@H](COC(=O)CCCC/C=C\C/C=C\C/C=C\C/C=C\CC)COP(=O)(O)OCC[N+](C)(C)C. The van der Waals surface area contributed by atoms with Crippen molar-refractivity contribution in [2.24, 2.45) is 0 Å². The highest BCUT2D eigenvalue weighted by Crippen LogP contribution is 2.43. The highest BCUT2D eigenvalue weighted by Gasteiger charge is 2.27. The Morgan fingerprint density at radius 1 is 0.534 bits per heavy atom. The van der Waals surface area contributed by atoms with Crippen LogP contribution in [0.4, 0.5) is 0 Å². The highest BCUT2D eigenvalue weighted by atomic mass is 31.2. The van der Waals surface area contributed by atoms with Crippen molar-refractivity contribution >= 4 is 19.8 Å². The maximum Gasteiger partial charge on any atom is 0.472 e. The molecule has 0 saturated heterocycles. The first-order chi connectivity index (χ1) is 28.0. The zero-order valence-corrected chi connectivity index (χ0v) is 37.4. The number of hydrogen-bond acceptors (Lipinski definition) is 7. The van der Waals surface area contributed by atoms with E-state index in [1.807, 2.05) is 33.3 Å². The van der Waals surface area contributed by atoms with Crippen LogP contribution in [0.15, 0.2) is 122 Å². The number of phosphoric ester groups is 1. The molecule has 10 heteroatoms. The van der Waals surface area contributed by atoms with E-state index >= 15 is 0 Å². The predicted molar refractivity (Wildman–Crippen MR) is 242 cm³/mol. The fourth-order valence-corrected chi connectivity index (χ4v) is 5.48. The molecule has 0 aliphatic heterocycles. The molecule has 1 unspecified atom stereocenters. The van der Waals surface area contributed by atoms with E-state index < -0.39 is 32.5 Å². The Morgan fingerprint density at radius 3 is 1.38 bits per heavy atom. The molecule has 9 nitrogen and oxygen atoms in total. The van der Waals surface area contributed by atoms with Gasteiger partial charge in [-0.1, -0.05) is 135 Å². The molecule has 0 aromatic rings. The van der Waals surface area contributed by atoms with Crippen molar-refractivity contribution in [3.63, 3.8) is 0 Å². The fraction of sp³-hybridized carbons (Fsp3) is 0.542. The van der Waals surface area contributed by atoms with E-state index in [0.717, 1.165) is 77.0 Å². The smallest absolute Gasteiger partial charge is 0.462 e. The first kappa shape index (κ1) is 54.4. The molecule has 0 aliphatic rings. The number of nitrogens with zero attached hydrogens (tertiary/aromatic N) is 1. The van der Waals surface area contributed by atoms with Gasteiger partial charge in [0.15, 0.2) is 6.10 Å². The van der Waals surface area contributed by atoms with Crippen LogP contribution < -0.4 is 0 Å². The number of phosphoric acid groups is 1. The van der Waals surface area contributed by atoms with Crippen molar-refractivity contribution in [1.82, 2.24) is 0 Å². The molecule has 58 heavy (non-hydrogen) atoms. The van der Waals surface area contributed by atoms with Crippen LogP contribution in [0, 0.1) is 0 Å². The number of ether oxygens (including phenoxy) is 2. The summed E-state index contributed by atoms with van der Waals surface area (Å²) in [6.45, 7) is 4.01. The van der Waals surface area contributed by atoms with Crippen LogP contribution in [-0.2, 0) is 32.7 Å². The van der Waals surface area contributed by atoms with Crippen LogP contribution in [0.5, 0.6) is 0 Å². The van der Waals surface area contributed by atoms with Gasteiger partial charge in [-0.05, 0) is 89.9 Å². The summed E-state index contributed by atoms with van der Waals surface area (Å²) >= 11 is 0. The molecule has 0 bridgehead atoms. The minimum absolute atomic E-state index is 0.00356.